The minimum atomic E-state index is -1.58. The monoisotopic (exact) mass is 294 g/mol. The number of hydrogen-bond donors (Lipinski definition) is 4. The van der Waals surface area contributed by atoms with Crippen molar-refractivity contribution in [1.29, 1.82) is 0 Å². The van der Waals surface area contributed by atoms with Crippen LogP contribution in [0.1, 0.15) is 20.1 Å². The van der Waals surface area contributed by atoms with Crippen LogP contribution in [0.2, 0.25) is 0 Å². The molecule has 5 atom stereocenters. The van der Waals surface area contributed by atoms with Crippen molar-refractivity contribution in [2.75, 3.05) is 5.73 Å². The Morgan fingerprint density at radius 1 is 1.48 bits per heavy atom. The summed E-state index contributed by atoms with van der Waals surface area (Å²) in [7, 11) is 0. The fraction of sp³-hybridized carbons (Fsp3) is 0.538. The third kappa shape index (κ3) is 1.99. The molecule has 21 heavy (non-hydrogen) atoms. The van der Waals surface area contributed by atoms with Crippen molar-refractivity contribution < 1.29 is 20.1 Å². The van der Waals surface area contributed by atoms with E-state index in [2.05, 4.69) is 9.97 Å². The third-order valence-electron chi connectivity index (χ3n) is 3.96. The van der Waals surface area contributed by atoms with E-state index < -0.39 is 30.1 Å². The fourth-order valence-electron chi connectivity index (χ4n) is 2.74. The Hall–Kier alpha value is -1.74. The van der Waals surface area contributed by atoms with E-state index in [1.165, 1.54) is 20.2 Å². The minimum Gasteiger partial charge on any atom is -0.391 e. The molecule has 1 aliphatic heterocycles. The van der Waals surface area contributed by atoms with Crippen LogP contribution in [0, 0.1) is 0 Å². The van der Waals surface area contributed by atoms with Crippen LogP contribution in [-0.4, -0.2) is 53.8 Å². The van der Waals surface area contributed by atoms with Gasteiger partial charge in [0.05, 0.1) is 11.5 Å². The molecule has 114 valence electrons. The molecule has 1 aliphatic rings. The molecule has 2 aromatic heterocycles. The number of rotatable bonds is 2. The lowest BCUT2D eigenvalue weighted by molar-refractivity contribution is -0.0985. The van der Waals surface area contributed by atoms with E-state index >= 15 is 0 Å². The number of nitrogens with zero attached hydrogens (tertiary/aromatic N) is 3. The zero-order valence-corrected chi connectivity index (χ0v) is 11.7. The highest BCUT2D eigenvalue weighted by Crippen LogP contribution is 2.40. The maximum absolute atomic E-state index is 10.6. The quantitative estimate of drug-likeness (QED) is 0.582. The van der Waals surface area contributed by atoms with Gasteiger partial charge in [-0.05, 0) is 19.9 Å². The molecule has 3 heterocycles. The lowest BCUT2D eigenvalue weighted by atomic mass is 9.94. The Bertz CT molecular complexity index is 669. The predicted octanol–water partition coefficient (Wildman–Crippen LogP) is -0.596. The molecule has 0 aromatic carbocycles. The first-order valence-electron chi connectivity index (χ1n) is 6.65. The van der Waals surface area contributed by atoms with Gasteiger partial charge in [-0.3, -0.25) is 0 Å². The second-order valence-electron chi connectivity index (χ2n) is 5.58. The molecule has 0 radical (unpaired) electrons. The van der Waals surface area contributed by atoms with Gasteiger partial charge >= 0.3 is 0 Å². The van der Waals surface area contributed by atoms with Crippen LogP contribution >= 0.6 is 0 Å². The van der Waals surface area contributed by atoms with E-state index in [1.807, 2.05) is 0 Å². The molecule has 0 bridgehead atoms. The number of nitrogens with two attached hydrogens (primary N) is 1. The highest BCUT2D eigenvalue weighted by Gasteiger charge is 2.54. The summed E-state index contributed by atoms with van der Waals surface area (Å²) in [4.78, 5) is 8.05. The summed E-state index contributed by atoms with van der Waals surface area (Å²) in [5, 5.41) is 31.0. The molecule has 0 saturated carbocycles. The van der Waals surface area contributed by atoms with Gasteiger partial charge in [0.15, 0.2) is 6.23 Å². The average Bonchev–Trinajstić information content (AvgIpc) is 2.92. The van der Waals surface area contributed by atoms with E-state index in [0.717, 1.165) is 0 Å². The molecule has 0 aliphatic carbocycles. The highest BCUT2D eigenvalue weighted by molar-refractivity contribution is 5.86. The van der Waals surface area contributed by atoms with Gasteiger partial charge in [0, 0.05) is 6.20 Å². The smallest absolute Gasteiger partial charge is 0.167 e. The van der Waals surface area contributed by atoms with Crippen molar-refractivity contribution >= 4 is 16.9 Å². The van der Waals surface area contributed by atoms with Crippen molar-refractivity contribution in [2.45, 2.75) is 44.0 Å². The van der Waals surface area contributed by atoms with Crippen LogP contribution in [0.3, 0.4) is 0 Å². The Labute approximate surface area is 120 Å². The van der Waals surface area contributed by atoms with Gasteiger partial charge < -0.3 is 30.4 Å². The molecular weight excluding hydrogens is 276 g/mol. The van der Waals surface area contributed by atoms with Crippen LogP contribution < -0.4 is 5.73 Å². The Morgan fingerprint density at radius 3 is 2.81 bits per heavy atom. The SMILES string of the molecule is C[C@H](O)[C@H]1O[C@@H](n2ccc3c(N)ncnc32)[C@](C)(O)[C@H]1O. The van der Waals surface area contributed by atoms with Crippen molar-refractivity contribution in [3.8, 4) is 0 Å². The summed E-state index contributed by atoms with van der Waals surface area (Å²) in [6.45, 7) is 2.96. The topological polar surface area (TPSA) is 127 Å². The molecule has 1 fully saturated rings. The highest BCUT2D eigenvalue weighted by atomic mass is 16.6. The fourth-order valence-corrected chi connectivity index (χ4v) is 2.74. The maximum atomic E-state index is 10.6. The first-order valence-corrected chi connectivity index (χ1v) is 6.65. The van der Waals surface area contributed by atoms with Crippen LogP contribution in [0.25, 0.3) is 11.0 Å². The third-order valence-corrected chi connectivity index (χ3v) is 3.96. The second kappa shape index (κ2) is 4.63. The van der Waals surface area contributed by atoms with Gasteiger partial charge in [0.1, 0.15) is 35.6 Å². The molecular formula is C13H18N4O4. The normalized spacial score (nSPS) is 34.4. The van der Waals surface area contributed by atoms with Gasteiger partial charge in [-0.15, -0.1) is 0 Å². The predicted molar refractivity (Wildman–Crippen MR) is 74.2 cm³/mol. The maximum Gasteiger partial charge on any atom is 0.167 e. The number of aliphatic hydroxyl groups excluding tert-OH is 2. The minimum absolute atomic E-state index is 0.323. The van der Waals surface area contributed by atoms with Gasteiger partial charge in [0.25, 0.3) is 0 Å². The Kier molecular flexibility index (Phi) is 3.14. The first kappa shape index (κ1) is 14.2. The van der Waals surface area contributed by atoms with E-state index in [0.29, 0.717) is 16.9 Å². The van der Waals surface area contributed by atoms with E-state index in [1.54, 1.807) is 16.8 Å². The number of fused-ring (bicyclic) bond motifs is 1. The molecule has 3 rings (SSSR count). The summed E-state index contributed by atoms with van der Waals surface area (Å²) < 4.78 is 7.24. The number of nitrogen functional groups attached to an aromatic ring is 1. The molecule has 2 aromatic rings. The lowest BCUT2D eigenvalue weighted by Gasteiger charge is -2.27. The van der Waals surface area contributed by atoms with Gasteiger partial charge in [-0.1, -0.05) is 0 Å². The van der Waals surface area contributed by atoms with Crippen LogP contribution in [-0.2, 0) is 4.74 Å². The molecule has 0 unspecified atom stereocenters. The van der Waals surface area contributed by atoms with Crippen LogP contribution in [0.4, 0.5) is 5.82 Å². The zero-order chi connectivity index (χ0) is 15.4. The van der Waals surface area contributed by atoms with Crippen molar-refractivity contribution in [2.24, 2.45) is 0 Å². The number of aliphatic hydroxyl groups is 3. The first-order chi connectivity index (χ1) is 9.84. The number of aromatic nitrogens is 3. The molecule has 0 amide bonds. The summed E-state index contributed by atoms with van der Waals surface area (Å²) >= 11 is 0. The van der Waals surface area contributed by atoms with Gasteiger partial charge in [-0.2, -0.15) is 0 Å². The number of hydrogen-bond acceptors (Lipinski definition) is 7. The molecule has 5 N–H and O–H groups in total. The summed E-state index contributed by atoms with van der Waals surface area (Å²) in [6.07, 6.45) is -0.940. The molecule has 8 nitrogen and oxygen atoms in total. The standard InChI is InChI=1S/C13H18N4O4/c1-6(18)8-9(19)13(2,20)12(21-8)17-4-3-7-10(14)15-5-16-11(7)17/h3-6,8-9,12,18-20H,1-2H3,(H2,14,15,16)/t6-,8+,9-,12+,13+/m0/s1. The van der Waals surface area contributed by atoms with Gasteiger partial charge in [-0.25, -0.2) is 9.97 Å². The molecule has 1 saturated heterocycles. The largest absolute Gasteiger partial charge is 0.391 e. The lowest BCUT2D eigenvalue weighted by Crippen LogP contribution is -2.45. The second-order valence-corrected chi connectivity index (χ2v) is 5.58. The molecule has 0 spiro atoms. The van der Waals surface area contributed by atoms with Gasteiger partial charge in [0.2, 0.25) is 0 Å². The molecule has 8 heteroatoms. The van der Waals surface area contributed by atoms with Crippen molar-refractivity contribution in [3.05, 3.63) is 18.6 Å². The van der Waals surface area contributed by atoms with Crippen LogP contribution in [0.5, 0.6) is 0 Å². The number of ether oxygens (including phenoxy) is 1. The number of anilines is 1. The van der Waals surface area contributed by atoms with Crippen molar-refractivity contribution in [3.63, 3.8) is 0 Å². The average molecular weight is 294 g/mol. The van der Waals surface area contributed by atoms with E-state index in [4.69, 9.17) is 10.5 Å². The summed E-state index contributed by atoms with van der Waals surface area (Å²) in [5.41, 5.74) is 4.70. The van der Waals surface area contributed by atoms with E-state index in [-0.39, 0.29) is 0 Å². The van der Waals surface area contributed by atoms with Crippen molar-refractivity contribution in [1.82, 2.24) is 14.5 Å². The van der Waals surface area contributed by atoms with E-state index in [9.17, 15) is 15.3 Å². The summed E-state index contributed by atoms with van der Waals surface area (Å²) in [5.74, 6) is 0.323. The Balaban J connectivity index is 2.08. The zero-order valence-electron chi connectivity index (χ0n) is 11.7. The van der Waals surface area contributed by atoms with Crippen LogP contribution in [0.15, 0.2) is 18.6 Å². The summed E-state index contributed by atoms with van der Waals surface area (Å²) in [6, 6.07) is 1.71. The Morgan fingerprint density at radius 2 is 2.19 bits per heavy atom.